The fraction of sp³-hybridized carbons (Fsp3) is 0.143. The Kier molecular flexibility index (Phi) is 4.27. The van der Waals surface area contributed by atoms with Crippen LogP contribution in [0.15, 0.2) is 41.0 Å². The van der Waals surface area contributed by atoms with Gasteiger partial charge < -0.3 is 4.74 Å². The van der Waals surface area contributed by atoms with Gasteiger partial charge in [0.25, 0.3) is 0 Å². The molecule has 0 saturated carbocycles. The zero-order valence-electron chi connectivity index (χ0n) is 10.2. The van der Waals surface area contributed by atoms with E-state index < -0.39 is 5.82 Å². The molecule has 5 heteroatoms. The van der Waals surface area contributed by atoms with Gasteiger partial charge in [-0.2, -0.15) is 0 Å². The Hall–Kier alpha value is -1.75. The van der Waals surface area contributed by atoms with Crippen molar-refractivity contribution in [2.75, 3.05) is 0 Å². The van der Waals surface area contributed by atoms with Crippen molar-refractivity contribution < 1.29 is 13.9 Å². The fourth-order valence-electron chi connectivity index (χ4n) is 1.55. The summed E-state index contributed by atoms with van der Waals surface area (Å²) < 4.78 is 19.5. The highest BCUT2D eigenvalue weighted by Crippen LogP contribution is 2.21. The fourth-order valence-corrected chi connectivity index (χ4v) is 1.78. The average molecular weight is 324 g/mol. The first-order valence-electron chi connectivity index (χ1n) is 5.60. The number of nitrogens with zero attached hydrogens (tertiary/aromatic N) is 1. The van der Waals surface area contributed by atoms with Crippen LogP contribution in [0, 0.1) is 5.82 Å². The molecule has 1 heterocycles. The second-order valence-corrected chi connectivity index (χ2v) is 4.87. The number of benzene rings is 1. The molecular formula is C14H11BrFNO2. The molecule has 0 atom stereocenters. The number of aromatic nitrogens is 1. The summed E-state index contributed by atoms with van der Waals surface area (Å²) in [6.45, 7) is 1.60. The Bertz CT molecular complexity index is 599. The summed E-state index contributed by atoms with van der Waals surface area (Å²) in [6, 6.07) is 7.54. The van der Waals surface area contributed by atoms with Gasteiger partial charge in [0.1, 0.15) is 18.2 Å². The molecule has 0 aliphatic heterocycles. The summed E-state index contributed by atoms with van der Waals surface area (Å²) >= 11 is 3.29. The Morgan fingerprint density at radius 3 is 2.79 bits per heavy atom. The van der Waals surface area contributed by atoms with Gasteiger partial charge in [-0.1, -0.05) is 0 Å². The maximum absolute atomic E-state index is 13.1. The van der Waals surface area contributed by atoms with Crippen LogP contribution >= 0.6 is 15.9 Å². The van der Waals surface area contributed by atoms with Gasteiger partial charge in [-0.15, -0.1) is 0 Å². The van der Waals surface area contributed by atoms with E-state index >= 15 is 0 Å². The molecule has 19 heavy (non-hydrogen) atoms. The highest BCUT2D eigenvalue weighted by molar-refractivity contribution is 9.10. The molecule has 0 spiro atoms. The topological polar surface area (TPSA) is 39.2 Å². The lowest BCUT2D eigenvalue weighted by Gasteiger charge is -2.09. The van der Waals surface area contributed by atoms with E-state index in [1.54, 1.807) is 12.3 Å². The number of Topliss-reactive ketones (excluding diaryl/α,β-unsaturated/α-hetero) is 1. The zero-order chi connectivity index (χ0) is 13.8. The monoisotopic (exact) mass is 323 g/mol. The molecule has 1 aromatic carbocycles. The van der Waals surface area contributed by atoms with Crippen LogP contribution in [-0.2, 0) is 6.61 Å². The number of halogens is 2. The minimum absolute atomic E-state index is 0.221. The van der Waals surface area contributed by atoms with Gasteiger partial charge in [-0.25, -0.2) is 4.39 Å². The third-order valence-electron chi connectivity index (χ3n) is 2.49. The predicted molar refractivity (Wildman–Crippen MR) is 72.7 cm³/mol. The van der Waals surface area contributed by atoms with Gasteiger partial charge >= 0.3 is 0 Å². The van der Waals surface area contributed by atoms with Crippen molar-refractivity contribution in [3.63, 3.8) is 0 Å². The van der Waals surface area contributed by atoms with Gasteiger partial charge in [0.15, 0.2) is 5.78 Å². The molecule has 1 aromatic heterocycles. The van der Waals surface area contributed by atoms with Gasteiger partial charge in [0, 0.05) is 10.7 Å². The quantitative estimate of drug-likeness (QED) is 0.804. The molecule has 2 rings (SSSR count). The molecule has 3 nitrogen and oxygen atoms in total. The average Bonchev–Trinajstić information content (AvgIpc) is 2.39. The summed E-state index contributed by atoms with van der Waals surface area (Å²) in [5.74, 6) is -0.337. The van der Waals surface area contributed by atoms with Crippen molar-refractivity contribution in [3.8, 4) is 5.75 Å². The first-order chi connectivity index (χ1) is 9.06. The lowest BCUT2D eigenvalue weighted by atomic mass is 10.1. The first-order valence-corrected chi connectivity index (χ1v) is 6.39. The summed E-state index contributed by atoms with van der Waals surface area (Å²) in [6.07, 6.45) is 1.66. The number of hydrogen-bond donors (Lipinski definition) is 0. The van der Waals surface area contributed by atoms with Crippen LogP contribution in [0.1, 0.15) is 23.0 Å². The second-order valence-electron chi connectivity index (χ2n) is 3.95. The number of pyridine rings is 1. The van der Waals surface area contributed by atoms with Gasteiger partial charge in [0.05, 0.1) is 11.3 Å². The minimum atomic E-state index is -0.459. The van der Waals surface area contributed by atoms with Crippen LogP contribution in [-0.4, -0.2) is 10.8 Å². The standard InChI is InChI=1S/C14H11BrFNO2/c1-9(18)13-6-11(16)3-5-14(13)19-8-12-4-2-10(15)7-17-12/h2-7H,8H2,1H3. The molecule has 0 amide bonds. The van der Waals surface area contributed by atoms with E-state index in [1.807, 2.05) is 6.07 Å². The summed E-state index contributed by atoms with van der Waals surface area (Å²) in [4.78, 5) is 15.6. The summed E-state index contributed by atoms with van der Waals surface area (Å²) in [5.41, 5.74) is 0.958. The third kappa shape index (κ3) is 3.61. The van der Waals surface area contributed by atoms with Crippen molar-refractivity contribution in [1.29, 1.82) is 0 Å². The molecule has 0 bridgehead atoms. The summed E-state index contributed by atoms with van der Waals surface area (Å²) in [7, 11) is 0. The second kappa shape index (κ2) is 5.93. The van der Waals surface area contributed by atoms with Crippen molar-refractivity contribution in [2.45, 2.75) is 13.5 Å². The maximum Gasteiger partial charge on any atom is 0.163 e. The third-order valence-corrected chi connectivity index (χ3v) is 2.95. The van der Waals surface area contributed by atoms with Crippen LogP contribution in [0.4, 0.5) is 4.39 Å². The van der Waals surface area contributed by atoms with Gasteiger partial charge in [-0.3, -0.25) is 9.78 Å². The zero-order valence-corrected chi connectivity index (χ0v) is 11.8. The summed E-state index contributed by atoms with van der Waals surface area (Å²) in [5, 5.41) is 0. The molecule has 0 N–H and O–H groups in total. The number of ketones is 1. The maximum atomic E-state index is 13.1. The minimum Gasteiger partial charge on any atom is -0.487 e. The van der Waals surface area contributed by atoms with Crippen LogP contribution in [0.5, 0.6) is 5.75 Å². The van der Waals surface area contributed by atoms with Crippen LogP contribution < -0.4 is 4.74 Å². The SMILES string of the molecule is CC(=O)c1cc(F)ccc1OCc1ccc(Br)cn1. The molecule has 98 valence electrons. The number of carbonyl (C=O) groups excluding carboxylic acids is 1. The molecule has 0 aliphatic rings. The Balaban J connectivity index is 2.15. The van der Waals surface area contributed by atoms with E-state index in [0.717, 1.165) is 10.2 Å². The predicted octanol–water partition coefficient (Wildman–Crippen LogP) is 3.76. The highest BCUT2D eigenvalue weighted by Gasteiger charge is 2.10. The van der Waals surface area contributed by atoms with Crippen LogP contribution in [0.3, 0.4) is 0 Å². The van der Waals surface area contributed by atoms with Gasteiger partial charge in [-0.05, 0) is 53.2 Å². The van der Waals surface area contributed by atoms with Crippen LogP contribution in [0.25, 0.3) is 0 Å². The molecule has 0 aliphatic carbocycles. The van der Waals surface area contributed by atoms with Crippen molar-refractivity contribution in [1.82, 2.24) is 4.98 Å². The molecule has 0 radical (unpaired) electrons. The Morgan fingerprint density at radius 1 is 1.37 bits per heavy atom. The molecule has 2 aromatic rings. The number of ether oxygens (including phenoxy) is 1. The Morgan fingerprint density at radius 2 is 2.16 bits per heavy atom. The molecule has 0 saturated heterocycles. The number of rotatable bonds is 4. The lowest BCUT2D eigenvalue weighted by Crippen LogP contribution is -2.03. The molecule has 0 fully saturated rings. The van der Waals surface area contributed by atoms with Crippen LogP contribution in [0.2, 0.25) is 0 Å². The smallest absolute Gasteiger partial charge is 0.163 e. The van der Waals surface area contributed by atoms with Gasteiger partial charge in [0.2, 0.25) is 0 Å². The van der Waals surface area contributed by atoms with E-state index in [2.05, 4.69) is 20.9 Å². The number of carbonyl (C=O) groups is 1. The van der Waals surface area contributed by atoms with E-state index in [1.165, 1.54) is 25.1 Å². The van der Waals surface area contributed by atoms with E-state index in [0.29, 0.717) is 5.75 Å². The number of hydrogen-bond acceptors (Lipinski definition) is 3. The molecular weight excluding hydrogens is 313 g/mol. The van der Waals surface area contributed by atoms with Crippen molar-refractivity contribution >= 4 is 21.7 Å². The largest absolute Gasteiger partial charge is 0.487 e. The van der Waals surface area contributed by atoms with E-state index in [4.69, 9.17) is 4.74 Å². The van der Waals surface area contributed by atoms with Crippen molar-refractivity contribution in [3.05, 3.63) is 58.1 Å². The Labute approximate surface area is 118 Å². The van der Waals surface area contributed by atoms with E-state index in [-0.39, 0.29) is 18.0 Å². The van der Waals surface area contributed by atoms with E-state index in [9.17, 15) is 9.18 Å². The normalized spacial score (nSPS) is 10.3. The lowest BCUT2D eigenvalue weighted by molar-refractivity contribution is 0.101. The highest BCUT2D eigenvalue weighted by atomic mass is 79.9. The van der Waals surface area contributed by atoms with Crippen molar-refractivity contribution in [2.24, 2.45) is 0 Å². The molecule has 0 unspecified atom stereocenters. The first kappa shape index (κ1) is 13.7.